The largest absolute Gasteiger partial charge is 0.495 e. The van der Waals surface area contributed by atoms with Crippen molar-refractivity contribution >= 4 is 50.8 Å². The van der Waals surface area contributed by atoms with Crippen molar-refractivity contribution in [3.05, 3.63) is 57.9 Å². The summed E-state index contributed by atoms with van der Waals surface area (Å²) in [5.74, 6) is -1.89. The van der Waals surface area contributed by atoms with Gasteiger partial charge in [0.05, 0.1) is 22.1 Å². The molecule has 4 rings (SSSR count). The fourth-order valence-corrected chi connectivity index (χ4v) is 6.19. The molecule has 1 aliphatic heterocycles. The van der Waals surface area contributed by atoms with Crippen molar-refractivity contribution in [2.75, 3.05) is 32.1 Å². The molecule has 0 bridgehead atoms. The van der Waals surface area contributed by atoms with Crippen LogP contribution >= 0.6 is 27.3 Å². The number of aromatic carboxylic acids is 1. The van der Waals surface area contributed by atoms with Gasteiger partial charge in [0.25, 0.3) is 5.91 Å². The number of rotatable bonds is 11. The van der Waals surface area contributed by atoms with Gasteiger partial charge in [-0.15, -0.1) is 11.3 Å². The molecular weight excluding hydrogens is 592 g/mol. The number of piperidine rings is 1. The number of halogens is 1. The van der Waals surface area contributed by atoms with Crippen LogP contribution in [0.2, 0.25) is 0 Å². The van der Waals surface area contributed by atoms with Crippen molar-refractivity contribution in [2.45, 2.75) is 18.9 Å². The maximum Gasteiger partial charge on any atom is 0.349 e. The van der Waals surface area contributed by atoms with Gasteiger partial charge in [-0.1, -0.05) is 24.3 Å². The molecule has 1 amide bonds. The van der Waals surface area contributed by atoms with Crippen LogP contribution in [0.25, 0.3) is 10.4 Å². The molecule has 2 aromatic carbocycles. The van der Waals surface area contributed by atoms with Gasteiger partial charge < -0.3 is 35.1 Å². The lowest BCUT2D eigenvalue weighted by Gasteiger charge is -2.30. The van der Waals surface area contributed by atoms with E-state index in [0.29, 0.717) is 32.1 Å². The first-order valence-corrected chi connectivity index (χ1v) is 13.7. The zero-order valence-electron chi connectivity index (χ0n) is 20.9. The highest BCUT2D eigenvalue weighted by molar-refractivity contribution is 9.10. The Morgan fingerprint density at radius 3 is 2.56 bits per heavy atom. The second-order valence-corrected chi connectivity index (χ2v) is 10.5. The first-order chi connectivity index (χ1) is 18.8. The molecule has 10 nitrogen and oxygen atoms in total. The van der Waals surface area contributed by atoms with Gasteiger partial charge in [-0.05, 0) is 71.7 Å². The molecule has 2 heterocycles. The van der Waals surface area contributed by atoms with Crippen LogP contribution in [-0.4, -0.2) is 61.0 Å². The molecular formula is C27H27BrN2O8S. The third-order valence-corrected chi connectivity index (χ3v) is 8.36. The quantitative estimate of drug-likeness (QED) is 0.240. The molecule has 4 N–H and O–H groups in total. The topological polar surface area (TPSA) is 143 Å². The van der Waals surface area contributed by atoms with Crippen molar-refractivity contribution in [1.82, 2.24) is 5.32 Å². The first-order valence-electron chi connectivity index (χ1n) is 12.1. The summed E-state index contributed by atoms with van der Waals surface area (Å²) in [5, 5.41) is 24.8. The summed E-state index contributed by atoms with van der Waals surface area (Å²) in [7, 11) is 1.54. The highest BCUT2D eigenvalue weighted by Gasteiger charge is 2.32. The number of nitrogens with one attached hydrogen (secondary N) is 2. The normalized spacial score (nSPS) is 14.3. The van der Waals surface area contributed by atoms with E-state index >= 15 is 0 Å². The molecule has 39 heavy (non-hydrogen) atoms. The predicted octanol–water partition coefficient (Wildman–Crippen LogP) is 4.73. The second kappa shape index (κ2) is 13.0. The number of para-hydroxylation sites is 2. The highest BCUT2D eigenvalue weighted by atomic mass is 79.9. The minimum atomic E-state index is -1.24. The van der Waals surface area contributed by atoms with Gasteiger partial charge in [0, 0.05) is 5.92 Å². The van der Waals surface area contributed by atoms with E-state index in [1.54, 1.807) is 42.5 Å². The van der Waals surface area contributed by atoms with Crippen molar-refractivity contribution in [2.24, 2.45) is 5.92 Å². The summed E-state index contributed by atoms with van der Waals surface area (Å²) in [6, 6.07) is 14.1. The smallest absolute Gasteiger partial charge is 0.349 e. The first kappa shape index (κ1) is 28.4. The Hall–Kier alpha value is -3.61. The van der Waals surface area contributed by atoms with Crippen LogP contribution in [0.3, 0.4) is 0 Å². The van der Waals surface area contributed by atoms with Gasteiger partial charge in [0.1, 0.15) is 11.5 Å². The maximum atomic E-state index is 13.5. The molecule has 1 fully saturated rings. The van der Waals surface area contributed by atoms with E-state index in [2.05, 4.69) is 26.6 Å². The lowest BCUT2D eigenvalue weighted by atomic mass is 9.91. The Morgan fingerprint density at radius 2 is 1.87 bits per heavy atom. The number of aliphatic carboxylic acids is 1. The molecule has 206 valence electrons. The van der Waals surface area contributed by atoms with Gasteiger partial charge in [-0.2, -0.15) is 0 Å². The minimum absolute atomic E-state index is 0.0345. The third-order valence-electron chi connectivity index (χ3n) is 6.14. The van der Waals surface area contributed by atoms with Crippen molar-refractivity contribution in [3.8, 4) is 27.7 Å². The number of carbonyl (C=O) groups is 3. The number of hydrogen-bond acceptors (Lipinski definition) is 8. The molecule has 1 saturated heterocycles. The number of carboxylic acid groups (broad SMARTS) is 2. The molecule has 0 saturated carbocycles. The Morgan fingerprint density at radius 1 is 1.13 bits per heavy atom. The number of methoxy groups -OCH3 is 1. The number of thiophene rings is 1. The monoisotopic (exact) mass is 618 g/mol. The number of hydrogen-bond donors (Lipinski definition) is 4. The highest BCUT2D eigenvalue weighted by Crippen LogP contribution is 2.46. The van der Waals surface area contributed by atoms with Crippen molar-refractivity contribution in [3.63, 3.8) is 0 Å². The number of carboxylic acids is 2. The van der Waals surface area contributed by atoms with Crippen LogP contribution in [0.4, 0.5) is 5.69 Å². The van der Waals surface area contributed by atoms with Gasteiger partial charge in [0.15, 0.2) is 23.3 Å². The van der Waals surface area contributed by atoms with E-state index in [0.717, 1.165) is 37.3 Å². The molecule has 1 atom stereocenters. The predicted molar refractivity (Wildman–Crippen MR) is 149 cm³/mol. The van der Waals surface area contributed by atoms with E-state index in [1.807, 2.05) is 6.07 Å². The van der Waals surface area contributed by atoms with Gasteiger partial charge in [-0.25, -0.2) is 9.59 Å². The zero-order chi connectivity index (χ0) is 27.9. The molecule has 0 aliphatic carbocycles. The van der Waals surface area contributed by atoms with Gasteiger partial charge in [0.2, 0.25) is 0 Å². The van der Waals surface area contributed by atoms with E-state index < -0.39 is 24.6 Å². The number of ether oxygens (including phenoxy) is 3. The molecule has 1 unspecified atom stereocenters. The van der Waals surface area contributed by atoms with Crippen molar-refractivity contribution < 1.29 is 38.8 Å². The Balaban J connectivity index is 1.63. The lowest BCUT2D eigenvalue weighted by Crippen LogP contribution is -2.44. The summed E-state index contributed by atoms with van der Waals surface area (Å²) in [4.78, 5) is 36.7. The summed E-state index contributed by atoms with van der Waals surface area (Å²) >= 11 is 4.32. The Kier molecular flexibility index (Phi) is 9.44. The van der Waals surface area contributed by atoms with E-state index in [4.69, 9.17) is 19.3 Å². The molecule has 12 heteroatoms. The average Bonchev–Trinajstić information content (AvgIpc) is 3.27. The Labute approximate surface area is 237 Å². The van der Waals surface area contributed by atoms with E-state index in [-0.39, 0.29) is 22.5 Å². The fraction of sp³-hybridized carbons (Fsp3) is 0.296. The summed E-state index contributed by atoms with van der Waals surface area (Å²) in [6.45, 7) is 0.856. The van der Waals surface area contributed by atoms with Crippen LogP contribution in [0.15, 0.2) is 53.0 Å². The van der Waals surface area contributed by atoms with E-state index in [9.17, 15) is 19.5 Å². The minimum Gasteiger partial charge on any atom is -0.495 e. The van der Waals surface area contributed by atoms with Crippen molar-refractivity contribution in [1.29, 1.82) is 0 Å². The van der Waals surface area contributed by atoms with E-state index in [1.165, 1.54) is 7.11 Å². The maximum absolute atomic E-state index is 13.5. The number of anilines is 1. The average molecular weight is 619 g/mol. The lowest BCUT2D eigenvalue weighted by molar-refractivity contribution is -0.139. The molecule has 0 radical (unpaired) electrons. The van der Waals surface area contributed by atoms with Crippen LogP contribution in [0, 0.1) is 5.92 Å². The SMILES string of the molecule is COc1ccccc1NC(=O)C(Oc1cccc(-c2sc(C(=O)O)c(OCC(=O)O)c2Br)c1)C1CCNCC1. The summed E-state index contributed by atoms with van der Waals surface area (Å²) in [6.07, 6.45) is 0.724. The third kappa shape index (κ3) is 6.88. The van der Waals surface area contributed by atoms with Crippen LogP contribution in [0.5, 0.6) is 17.2 Å². The molecule has 1 aromatic heterocycles. The molecule has 0 spiro atoms. The molecule has 1 aliphatic rings. The van der Waals surface area contributed by atoms with Crippen LogP contribution in [-0.2, 0) is 9.59 Å². The number of amides is 1. The summed E-state index contributed by atoms with van der Waals surface area (Å²) < 4.78 is 17.3. The molecule has 3 aromatic rings. The Bertz CT molecular complexity index is 1360. The summed E-state index contributed by atoms with van der Waals surface area (Å²) in [5.41, 5.74) is 1.16. The standard InChI is InChI=1S/C27H27BrN2O8S/c1-36-19-8-3-2-7-18(19)30-26(33)22(15-9-11-29-12-10-15)38-17-6-4-5-16(13-17)24-21(28)23(37-14-20(31)32)25(39-24)27(34)35/h2-8,13,15,22,29H,9-12,14H2,1H3,(H,30,33)(H,31,32)(H,34,35). The van der Waals surface area contributed by atoms with Crippen LogP contribution in [0.1, 0.15) is 22.5 Å². The van der Waals surface area contributed by atoms with Gasteiger partial charge >= 0.3 is 11.9 Å². The zero-order valence-corrected chi connectivity index (χ0v) is 23.3. The second-order valence-electron chi connectivity index (χ2n) is 8.73. The number of benzene rings is 2. The fourth-order valence-electron chi connectivity index (χ4n) is 4.31. The van der Waals surface area contributed by atoms with Crippen LogP contribution < -0.4 is 24.8 Å². The number of carbonyl (C=O) groups excluding carboxylic acids is 1. The van der Waals surface area contributed by atoms with Gasteiger partial charge in [-0.3, -0.25) is 4.79 Å².